The van der Waals surface area contributed by atoms with Gasteiger partial charge in [-0.05, 0) is 60.4 Å². The summed E-state index contributed by atoms with van der Waals surface area (Å²) in [5, 5.41) is 3.08. The lowest BCUT2D eigenvalue weighted by molar-refractivity contribution is 0.0698. The molecule has 1 aliphatic heterocycles. The number of rotatable bonds is 5. The first-order chi connectivity index (χ1) is 15.1. The Hall–Kier alpha value is -3.60. The van der Waals surface area contributed by atoms with E-state index in [-0.39, 0.29) is 17.9 Å². The number of likely N-dealkylation sites (tertiary alicyclic amines) is 1. The summed E-state index contributed by atoms with van der Waals surface area (Å²) in [6.45, 7) is 1.26. The Balaban J connectivity index is 1.31. The molecule has 0 saturated carbocycles. The molecule has 1 fully saturated rings. The monoisotopic (exact) mass is 414 g/mol. The normalized spacial score (nSPS) is 14.2. The fraction of sp³-hybridized carbons (Fsp3) is 0.231. The third kappa shape index (κ3) is 4.94. The highest BCUT2D eigenvalue weighted by atomic mass is 16.5. The van der Waals surface area contributed by atoms with Gasteiger partial charge in [-0.15, -0.1) is 0 Å². The number of nitrogens with zero attached hydrogens (tertiary/aromatic N) is 1. The zero-order chi connectivity index (χ0) is 21.6. The van der Waals surface area contributed by atoms with Gasteiger partial charge in [0.05, 0.1) is 7.11 Å². The van der Waals surface area contributed by atoms with Crippen LogP contribution in [0.3, 0.4) is 0 Å². The van der Waals surface area contributed by atoms with Gasteiger partial charge in [-0.2, -0.15) is 0 Å². The van der Waals surface area contributed by atoms with Crippen LogP contribution < -0.4 is 10.1 Å². The van der Waals surface area contributed by atoms with Crippen molar-refractivity contribution >= 4 is 11.8 Å². The van der Waals surface area contributed by atoms with E-state index in [1.54, 1.807) is 31.4 Å². The van der Waals surface area contributed by atoms with E-state index in [0.717, 1.165) is 29.7 Å². The largest absolute Gasteiger partial charge is 0.497 e. The summed E-state index contributed by atoms with van der Waals surface area (Å²) in [6.07, 6.45) is 1.49. The molecule has 5 nitrogen and oxygen atoms in total. The van der Waals surface area contributed by atoms with E-state index in [0.29, 0.717) is 24.2 Å². The second-order valence-electron chi connectivity index (χ2n) is 7.71. The number of piperidine rings is 1. The highest BCUT2D eigenvalue weighted by molar-refractivity contribution is 5.95. The summed E-state index contributed by atoms with van der Waals surface area (Å²) >= 11 is 0. The molecule has 158 valence electrons. The van der Waals surface area contributed by atoms with E-state index in [4.69, 9.17) is 4.74 Å². The Morgan fingerprint density at radius 1 is 0.806 bits per heavy atom. The number of hydrogen-bond donors (Lipinski definition) is 1. The maximum Gasteiger partial charge on any atom is 0.253 e. The molecule has 2 amide bonds. The van der Waals surface area contributed by atoms with Crippen LogP contribution in [0.4, 0.5) is 0 Å². The first-order valence-electron chi connectivity index (χ1n) is 10.5. The molecule has 1 aliphatic rings. The van der Waals surface area contributed by atoms with Gasteiger partial charge in [0.15, 0.2) is 0 Å². The van der Waals surface area contributed by atoms with Crippen LogP contribution in [-0.2, 0) is 0 Å². The van der Waals surface area contributed by atoms with E-state index in [1.807, 2.05) is 47.4 Å². The van der Waals surface area contributed by atoms with Crippen LogP contribution >= 0.6 is 0 Å². The minimum Gasteiger partial charge on any atom is -0.497 e. The number of benzene rings is 3. The van der Waals surface area contributed by atoms with E-state index >= 15 is 0 Å². The fourth-order valence-corrected chi connectivity index (χ4v) is 3.86. The molecule has 1 heterocycles. The standard InChI is InChI=1S/C26H26N2O3/c1-31-24-13-11-21(12-14-24)25(29)27-23-15-17-28(18-16-23)26(30)22-9-7-20(8-10-22)19-5-3-2-4-6-19/h2-14,23H,15-18H2,1H3,(H,27,29). The van der Waals surface area contributed by atoms with E-state index < -0.39 is 0 Å². The van der Waals surface area contributed by atoms with Crippen molar-refractivity contribution in [2.45, 2.75) is 18.9 Å². The minimum absolute atomic E-state index is 0.0412. The van der Waals surface area contributed by atoms with Crippen molar-refractivity contribution in [3.63, 3.8) is 0 Å². The second kappa shape index (κ2) is 9.47. The summed E-state index contributed by atoms with van der Waals surface area (Å²) in [6, 6.07) is 25.0. The zero-order valence-corrected chi connectivity index (χ0v) is 17.6. The molecule has 4 rings (SSSR count). The first kappa shape index (κ1) is 20.7. The molecule has 0 radical (unpaired) electrons. The SMILES string of the molecule is COc1ccc(C(=O)NC2CCN(C(=O)c3ccc(-c4ccccc4)cc3)CC2)cc1. The molecule has 5 heteroatoms. The highest BCUT2D eigenvalue weighted by Crippen LogP contribution is 2.21. The van der Waals surface area contributed by atoms with E-state index in [2.05, 4.69) is 17.4 Å². The smallest absolute Gasteiger partial charge is 0.253 e. The van der Waals surface area contributed by atoms with Crippen molar-refractivity contribution in [3.8, 4) is 16.9 Å². The van der Waals surface area contributed by atoms with Gasteiger partial charge in [-0.1, -0.05) is 42.5 Å². The first-order valence-corrected chi connectivity index (χ1v) is 10.5. The van der Waals surface area contributed by atoms with E-state index in [9.17, 15) is 9.59 Å². The molecular formula is C26H26N2O3. The average Bonchev–Trinajstić information content (AvgIpc) is 2.85. The van der Waals surface area contributed by atoms with Crippen LogP contribution in [0.15, 0.2) is 78.9 Å². The molecule has 1 saturated heterocycles. The molecule has 1 N–H and O–H groups in total. The Morgan fingerprint density at radius 3 is 2.00 bits per heavy atom. The summed E-state index contributed by atoms with van der Waals surface area (Å²) in [4.78, 5) is 27.2. The van der Waals surface area contributed by atoms with E-state index in [1.165, 1.54) is 0 Å². The van der Waals surface area contributed by atoms with Gasteiger partial charge in [0.1, 0.15) is 5.75 Å². The summed E-state index contributed by atoms with van der Waals surface area (Å²) in [5.41, 5.74) is 3.53. The maximum atomic E-state index is 12.9. The Bertz CT molecular complexity index is 1020. The van der Waals surface area contributed by atoms with Crippen LogP contribution in [0.2, 0.25) is 0 Å². The van der Waals surface area contributed by atoms with Crippen molar-refractivity contribution in [2.75, 3.05) is 20.2 Å². The molecule has 0 bridgehead atoms. The van der Waals surface area contributed by atoms with Crippen LogP contribution in [0.25, 0.3) is 11.1 Å². The molecule has 31 heavy (non-hydrogen) atoms. The zero-order valence-electron chi connectivity index (χ0n) is 17.6. The van der Waals surface area contributed by atoms with Crippen LogP contribution in [0, 0.1) is 0 Å². The van der Waals surface area contributed by atoms with Crippen molar-refractivity contribution in [1.82, 2.24) is 10.2 Å². The molecule has 0 spiro atoms. The summed E-state index contributed by atoms with van der Waals surface area (Å²) in [7, 11) is 1.60. The van der Waals surface area contributed by atoms with Crippen LogP contribution in [0.5, 0.6) is 5.75 Å². The number of ether oxygens (including phenoxy) is 1. The van der Waals surface area contributed by atoms with Gasteiger partial charge in [0.2, 0.25) is 0 Å². The molecule has 3 aromatic carbocycles. The van der Waals surface area contributed by atoms with Crippen molar-refractivity contribution in [1.29, 1.82) is 0 Å². The lowest BCUT2D eigenvalue weighted by Gasteiger charge is -2.32. The van der Waals surface area contributed by atoms with Crippen molar-refractivity contribution < 1.29 is 14.3 Å². The third-order valence-corrected chi connectivity index (χ3v) is 5.71. The van der Waals surface area contributed by atoms with Crippen molar-refractivity contribution in [2.24, 2.45) is 0 Å². The molecule has 0 atom stereocenters. The summed E-state index contributed by atoms with van der Waals surface area (Å²) in [5.74, 6) is 0.670. The molecular weight excluding hydrogens is 388 g/mol. The Kier molecular flexibility index (Phi) is 6.32. The quantitative estimate of drug-likeness (QED) is 0.673. The fourth-order valence-electron chi connectivity index (χ4n) is 3.86. The van der Waals surface area contributed by atoms with Gasteiger partial charge in [-0.25, -0.2) is 0 Å². The van der Waals surface area contributed by atoms with Crippen LogP contribution in [0.1, 0.15) is 33.6 Å². The van der Waals surface area contributed by atoms with Gasteiger partial charge >= 0.3 is 0 Å². The number of hydrogen-bond acceptors (Lipinski definition) is 3. The number of methoxy groups -OCH3 is 1. The predicted molar refractivity (Wildman–Crippen MR) is 121 cm³/mol. The Labute approximate surface area is 182 Å². The van der Waals surface area contributed by atoms with Crippen LogP contribution in [-0.4, -0.2) is 43.0 Å². The number of nitrogens with one attached hydrogen (secondary N) is 1. The maximum absolute atomic E-state index is 12.9. The number of amides is 2. The van der Waals surface area contributed by atoms with Gasteiger partial charge in [0, 0.05) is 30.3 Å². The molecule has 0 unspecified atom stereocenters. The lowest BCUT2D eigenvalue weighted by atomic mass is 10.0. The third-order valence-electron chi connectivity index (χ3n) is 5.71. The van der Waals surface area contributed by atoms with Gasteiger partial charge < -0.3 is 15.0 Å². The molecule has 0 aromatic heterocycles. The van der Waals surface area contributed by atoms with Crippen molar-refractivity contribution in [3.05, 3.63) is 90.0 Å². The summed E-state index contributed by atoms with van der Waals surface area (Å²) < 4.78 is 5.13. The topological polar surface area (TPSA) is 58.6 Å². The number of carbonyl (C=O) groups is 2. The molecule has 0 aliphatic carbocycles. The Morgan fingerprint density at radius 2 is 1.39 bits per heavy atom. The lowest BCUT2D eigenvalue weighted by Crippen LogP contribution is -2.46. The minimum atomic E-state index is -0.0936. The second-order valence-corrected chi connectivity index (χ2v) is 7.71. The van der Waals surface area contributed by atoms with Gasteiger partial charge in [-0.3, -0.25) is 9.59 Å². The van der Waals surface area contributed by atoms with Gasteiger partial charge in [0.25, 0.3) is 11.8 Å². The number of carbonyl (C=O) groups excluding carboxylic acids is 2. The predicted octanol–water partition coefficient (Wildman–Crippen LogP) is 4.40. The average molecular weight is 415 g/mol. The molecule has 3 aromatic rings. The highest BCUT2D eigenvalue weighted by Gasteiger charge is 2.25.